The van der Waals surface area contributed by atoms with Gasteiger partial charge in [0.2, 0.25) is 5.91 Å². The number of aliphatic hydroxyl groups is 1. The van der Waals surface area contributed by atoms with Crippen LogP contribution in [0, 0.1) is 11.7 Å². The van der Waals surface area contributed by atoms with E-state index in [1.165, 1.54) is 17.0 Å². The maximum atomic E-state index is 14.2. The number of aryl methyl sites for hydroxylation is 1. The maximum Gasteiger partial charge on any atom is 0.288 e. The Hall–Kier alpha value is -4.67. The lowest BCUT2D eigenvalue weighted by Crippen LogP contribution is -2.48. The predicted molar refractivity (Wildman–Crippen MR) is 172 cm³/mol. The van der Waals surface area contributed by atoms with Crippen molar-refractivity contribution < 1.29 is 19.1 Å². The van der Waals surface area contributed by atoms with E-state index >= 15 is 0 Å². The number of imide groups is 1. The fraction of sp³-hybridized carbons (Fsp3) is 0.229. The molecule has 0 aliphatic carbocycles. The van der Waals surface area contributed by atoms with E-state index in [9.17, 15) is 23.9 Å². The SMILES string of the molecule is O=C1SC[C@H](Cc2ccccc2)N1C(=O)[C@H](Cn1nnc2ccccc2c1=O)[C@@H](O)CCc1ccc(-c2ccc(F)cc2)cc1. The Morgan fingerprint density at radius 1 is 0.889 bits per heavy atom. The van der Waals surface area contributed by atoms with Gasteiger partial charge in [-0.05, 0) is 65.8 Å². The van der Waals surface area contributed by atoms with Crippen molar-refractivity contribution in [3.05, 3.63) is 130 Å². The Balaban J connectivity index is 1.24. The first-order valence-corrected chi connectivity index (χ1v) is 15.7. The van der Waals surface area contributed by atoms with Gasteiger partial charge in [-0.25, -0.2) is 9.07 Å². The lowest BCUT2D eigenvalue weighted by molar-refractivity contribution is -0.138. The molecule has 0 spiro atoms. The summed E-state index contributed by atoms with van der Waals surface area (Å²) in [6, 6.07) is 30.0. The number of halogens is 1. The highest BCUT2D eigenvalue weighted by molar-refractivity contribution is 8.14. The topological polar surface area (TPSA) is 105 Å². The van der Waals surface area contributed by atoms with Crippen LogP contribution in [0.4, 0.5) is 9.18 Å². The molecule has 1 fully saturated rings. The summed E-state index contributed by atoms with van der Waals surface area (Å²) in [4.78, 5) is 41.8. The van der Waals surface area contributed by atoms with Gasteiger partial charge in [-0.2, -0.15) is 0 Å². The highest BCUT2D eigenvalue weighted by Crippen LogP contribution is 2.30. The number of hydrogen-bond donors (Lipinski definition) is 1. The van der Waals surface area contributed by atoms with Gasteiger partial charge in [0.25, 0.3) is 10.8 Å². The molecular weight excluding hydrogens is 591 g/mol. The highest BCUT2D eigenvalue weighted by Gasteiger charge is 2.42. The minimum Gasteiger partial charge on any atom is -0.392 e. The van der Waals surface area contributed by atoms with Crippen molar-refractivity contribution in [2.75, 3.05) is 5.75 Å². The van der Waals surface area contributed by atoms with Gasteiger partial charge in [0.05, 0.1) is 30.0 Å². The van der Waals surface area contributed by atoms with Crippen molar-refractivity contribution in [2.45, 2.75) is 38.0 Å². The lowest BCUT2D eigenvalue weighted by Gasteiger charge is -2.29. The van der Waals surface area contributed by atoms with Gasteiger partial charge in [0.15, 0.2) is 0 Å². The number of aliphatic hydroxyl groups excluding tert-OH is 1. The third-order valence-electron chi connectivity index (χ3n) is 8.15. The summed E-state index contributed by atoms with van der Waals surface area (Å²) in [5.74, 6) is -1.51. The number of rotatable bonds is 10. The molecule has 4 aromatic carbocycles. The van der Waals surface area contributed by atoms with Crippen LogP contribution in [0.25, 0.3) is 22.0 Å². The van der Waals surface area contributed by atoms with Crippen molar-refractivity contribution in [3.63, 3.8) is 0 Å². The number of benzene rings is 4. The average Bonchev–Trinajstić information content (AvgIpc) is 3.43. The van der Waals surface area contributed by atoms with Crippen LogP contribution in [0.5, 0.6) is 0 Å². The normalized spacial score (nSPS) is 16.2. The Morgan fingerprint density at radius 3 is 2.29 bits per heavy atom. The minimum atomic E-state index is -1.18. The van der Waals surface area contributed by atoms with E-state index in [4.69, 9.17) is 0 Å². The molecule has 8 nitrogen and oxygen atoms in total. The lowest BCUT2D eigenvalue weighted by atomic mass is 9.93. The first-order chi connectivity index (χ1) is 21.9. The van der Waals surface area contributed by atoms with E-state index in [0.717, 1.165) is 38.7 Å². The number of carbonyl (C=O) groups is 2. The van der Waals surface area contributed by atoms with Crippen LogP contribution >= 0.6 is 11.8 Å². The van der Waals surface area contributed by atoms with Crippen molar-refractivity contribution in [2.24, 2.45) is 5.92 Å². The molecule has 0 unspecified atom stereocenters. The second-order valence-corrected chi connectivity index (χ2v) is 12.1. The maximum absolute atomic E-state index is 14.2. The Morgan fingerprint density at radius 2 is 1.56 bits per heavy atom. The molecule has 0 radical (unpaired) electrons. The summed E-state index contributed by atoms with van der Waals surface area (Å²) in [6.07, 6.45) is -0.0290. The van der Waals surface area contributed by atoms with Crippen molar-refractivity contribution >= 4 is 33.8 Å². The fourth-order valence-corrected chi connectivity index (χ4v) is 6.64. The molecule has 0 saturated carbocycles. The second kappa shape index (κ2) is 13.5. The molecule has 1 saturated heterocycles. The minimum absolute atomic E-state index is 0.209. The Kier molecular flexibility index (Phi) is 9.13. The Labute approximate surface area is 263 Å². The third-order valence-corrected chi connectivity index (χ3v) is 9.15. The van der Waals surface area contributed by atoms with Gasteiger partial charge >= 0.3 is 0 Å². The van der Waals surface area contributed by atoms with E-state index in [-0.39, 0.29) is 30.1 Å². The number of nitrogens with zero attached hydrogens (tertiary/aromatic N) is 4. The van der Waals surface area contributed by atoms with Gasteiger partial charge in [-0.15, -0.1) is 5.10 Å². The molecule has 45 heavy (non-hydrogen) atoms. The van der Waals surface area contributed by atoms with Crippen LogP contribution in [0.15, 0.2) is 108 Å². The zero-order chi connectivity index (χ0) is 31.3. The molecule has 0 bridgehead atoms. The smallest absolute Gasteiger partial charge is 0.288 e. The van der Waals surface area contributed by atoms with Gasteiger partial charge < -0.3 is 5.11 Å². The Bertz CT molecular complexity index is 1870. The molecule has 5 aromatic rings. The van der Waals surface area contributed by atoms with Gasteiger partial charge in [0, 0.05) is 5.75 Å². The van der Waals surface area contributed by atoms with E-state index in [1.807, 2.05) is 54.6 Å². The van der Waals surface area contributed by atoms with Crippen molar-refractivity contribution in [3.8, 4) is 11.1 Å². The monoisotopic (exact) mass is 622 g/mol. The number of carbonyl (C=O) groups excluding carboxylic acids is 2. The molecule has 1 aliphatic heterocycles. The molecule has 6 rings (SSSR count). The average molecular weight is 623 g/mol. The van der Waals surface area contributed by atoms with Gasteiger partial charge in [-0.1, -0.05) is 95.8 Å². The number of thioether (sulfide) groups is 1. The summed E-state index contributed by atoms with van der Waals surface area (Å²) in [7, 11) is 0. The largest absolute Gasteiger partial charge is 0.392 e. The molecule has 3 atom stereocenters. The molecule has 1 aliphatic rings. The predicted octanol–water partition coefficient (Wildman–Crippen LogP) is 5.51. The van der Waals surface area contributed by atoms with Crippen LogP contribution in [-0.4, -0.2) is 54.0 Å². The van der Waals surface area contributed by atoms with Gasteiger partial charge in [-0.3, -0.25) is 19.3 Å². The summed E-state index contributed by atoms with van der Waals surface area (Å²) >= 11 is 1.08. The zero-order valence-corrected chi connectivity index (χ0v) is 25.1. The van der Waals surface area contributed by atoms with Crippen LogP contribution in [0.1, 0.15) is 17.5 Å². The second-order valence-electron chi connectivity index (χ2n) is 11.1. The third kappa shape index (κ3) is 6.87. The van der Waals surface area contributed by atoms with E-state index in [2.05, 4.69) is 10.3 Å². The highest BCUT2D eigenvalue weighted by atomic mass is 32.2. The molecule has 228 valence electrons. The van der Waals surface area contributed by atoms with E-state index < -0.39 is 23.5 Å². The summed E-state index contributed by atoms with van der Waals surface area (Å²) < 4.78 is 14.4. The number of amides is 2. The molecule has 2 heterocycles. The molecule has 1 N–H and O–H groups in total. The number of fused-ring (bicyclic) bond motifs is 1. The number of hydrogen-bond acceptors (Lipinski definition) is 7. The first-order valence-electron chi connectivity index (χ1n) is 14.8. The molecule has 1 aromatic heterocycles. The quantitative estimate of drug-likeness (QED) is 0.219. The van der Waals surface area contributed by atoms with Crippen molar-refractivity contribution in [1.82, 2.24) is 19.9 Å². The van der Waals surface area contributed by atoms with E-state index in [1.54, 1.807) is 36.4 Å². The summed E-state index contributed by atoms with van der Waals surface area (Å²) in [5.41, 5.74) is 3.74. The summed E-state index contributed by atoms with van der Waals surface area (Å²) in [6.45, 7) is -0.229. The van der Waals surface area contributed by atoms with Crippen LogP contribution < -0.4 is 5.56 Å². The number of aromatic nitrogens is 3. The van der Waals surface area contributed by atoms with Gasteiger partial charge in [0.1, 0.15) is 11.3 Å². The van der Waals surface area contributed by atoms with E-state index in [0.29, 0.717) is 29.5 Å². The molecular formula is C35H31FN4O4S. The molecule has 2 amide bonds. The zero-order valence-electron chi connectivity index (χ0n) is 24.3. The van der Waals surface area contributed by atoms with Crippen LogP contribution in [0.2, 0.25) is 0 Å². The first kappa shape index (κ1) is 30.4. The standard InChI is InChI=1S/C35H31FN4O4S/c36-27-17-15-26(16-18-27)25-13-10-23(11-14-25)12-19-32(41)30(21-39-33(42)29-8-4-5-9-31(29)37-38-39)34(43)40-28(22-45-35(40)44)20-24-6-2-1-3-7-24/h1-11,13-18,28,30,32,41H,12,19-22H2/t28-,30+,32-/m0/s1. The fourth-order valence-electron chi connectivity index (χ4n) is 5.66. The molecule has 10 heteroatoms. The van der Waals surface area contributed by atoms with Crippen molar-refractivity contribution in [1.29, 1.82) is 0 Å². The summed E-state index contributed by atoms with van der Waals surface area (Å²) in [5, 5.41) is 19.7. The van der Waals surface area contributed by atoms with Crippen LogP contribution in [-0.2, 0) is 24.2 Å². The van der Waals surface area contributed by atoms with Crippen LogP contribution in [0.3, 0.4) is 0 Å².